The molecule has 29 heavy (non-hydrogen) atoms. The van der Waals surface area contributed by atoms with Crippen LogP contribution in [0.1, 0.15) is 56.1 Å². The zero-order valence-electron chi connectivity index (χ0n) is 16.9. The molecule has 2 N–H and O–H groups in total. The summed E-state index contributed by atoms with van der Waals surface area (Å²) in [6.45, 7) is 3.42. The Morgan fingerprint density at radius 3 is 2.52 bits per heavy atom. The van der Waals surface area contributed by atoms with Crippen molar-refractivity contribution in [2.24, 2.45) is 11.8 Å². The topological polar surface area (TPSA) is 66.8 Å². The molecular formula is C24H30NO4+. The molecule has 4 aliphatic carbocycles. The highest BCUT2D eigenvalue weighted by molar-refractivity contribution is 5.90. The molecule has 5 heteroatoms. The second kappa shape index (κ2) is 5.17. The highest BCUT2D eigenvalue weighted by Crippen LogP contribution is 2.66. The van der Waals surface area contributed by atoms with Gasteiger partial charge in [0.1, 0.15) is 11.6 Å². The molecule has 1 aromatic carbocycles. The van der Waals surface area contributed by atoms with Crippen LogP contribution in [-0.4, -0.2) is 57.9 Å². The standard InChI is InChI=1S/C24H29NO4/c26-17-6-5-16-11-19-24(28)8-7-18(27)22-23(24,20(16)21(17)29-22)9-10-25(19,12-14-1-2-14)13-15-3-4-15/h5-6,14-15,19,22,28H,1-4,7-13H2/p+1. The Balaban J connectivity index is 1.45. The number of aliphatic hydroxyl groups is 1. The van der Waals surface area contributed by atoms with Gasteiger partial charge in [-0.05, 0) is 43.7 Å². The Morgan fingerprint density at radius 2 is 1.83 bits per heavy atom. The van der Waals surface area contributed by atoms with Crippen LogP contribution in [0.4, 0.5) is 0 Å². The number of phenolic OH excluding ortho intramolecular Hbond substituents is 1. The number of hydrogen-bond acceptors (Lipinski definition) is 4. The van der Waals surface area contributed by atoms with Gasteiger partial charge < -0.3 is 19.4 Å². The monoisotopic (exact) mass is 396 g/mol. The number of ketones is 1. The zero-order chi connectivity index (χ0) is 19.6. The number of piperidine rings is 1. The average molecular weight is 397 g/mol. The second-order valence-electron chi connectivity index (χ2n) is 11.0. The van der Waals surface area contributed by atoms with Crippen molar-refractivity contribution in [3.05, 3.63) is 23.3 Å². The smallest absolute Gasteiger partial charge is 0.174 e. The SMILES string of the molecule is O=C1CCC2(O)C3Cc4ccc(O)c5c4C2(CC[N+]3(CC2CC2)CC2CC2)C1O5. The summed E-state index contributed by atoms with van der Waals surface area (Å²) in [4.78, 5) is 13.0. The second-order valence-corrected chi connectivity index (χ2v) is 11.0. The number of ether oxygens (including phenoxy) is 1. The number of quaternary nitrogens is 1. The number of phenols is 1. The Hall–Kier alpha value is -1.59. The molecule has 4 atom stereocenters. The summed E-state index contributed by atoms with van der Waals surface area (Å²) in [6.07, 6.45) is 7.26. The van der Waals surface area contributed by atoms with Crippen molar-refractivity contribution >= 4 is 5.78 Å². The van der Waals surface area contributed by atoms with Crippen molar-refractivity contribution in [1.82, 2.24) is 0 Å². The van der Waals surface area contributed by atoms with Crippen molar-refractivity contribution in [2.45, 2.75) is 74.5 Å². The Bertz CT molecular complexity index is 921. The number of Topliss-reactive ketones (excluding diaryl/α,β-unsaturated/α-hetero) is 1. The summed E-state index contributed by atoms with van der Waals surface area (Å²) in [5.74, 6) is 2.31. The molecule has 5 nitrogen and oxygen atoms in total. The van der Waals surface area contributed by atoms with Gasteiger partial charge in [-0.25, -0.2) is 0 Å². The number of benzene rings is 1. The minimum Gasteiger partial charge on any atom is -0.504 e. The van der Waals surface area contributed by atoms with E-state index >= 15 is 0 Å². The Morgan fingerprint density at radius 1 is 1.10 bits per heavy atom. The minimum absolute atomic E-state index is 0.0984. The normalized spacial score (nSPS) is 41.1. The van der Waals surface area contributed by atoms with Crippen molar-refractivity contribution in [3.63, 3.8) is 0 Å². The molecule has 4 fully saturated rings. The number of hydrogen-bond donors (Lipinski definition) is 2. The van der Waals surface area contributed by atoms with E-state index in [2.05, 4.69) is 0 Å². The first-order chi connectivity index (χ1) is 14.0. The number of carbonyl (C=O) groups excluding carboxylic acids is 1. The van der Waals surface area contributed by atoms with Gasteiger partial charge >= 0.3 is 0 Å². The highest BCUT2D eigenvalue weighted by atomic mass is 16.5. The zero-order valence-corrected chi connectivity index (χ0v) is 16.9. The van der Waals surface area contributed by atoms with Crippen LogP contribution in [0.3, 0.4) is 0 Å². The molecule has 2 heterocycles. The van der Waals surface area contributed by atoms with Crippen molar-refractivity contribution in [3.8, 4) is 11.5 Å². The predicted molar refractivity (Wildman–Crippen MR) is 106 cm³/mol. The van der Waals surface area contributed by atoms with E-state index in [0.29, 0.717) is 18.6 Å². The van der Waals surface area contributed by atoms with Crippen LogP contribution in [0.15, 0.2) is 12.1 Å². The molecular weight excluding hydrogens is 366 g/mol. The van der Waals surface area contributed by atoms with Gasteiger partial charge in [0.25, 0.3) is 0 Å². The highest BCUT2D eigenvalue weighted by Gasteiger charge is 2.77. The van der Waals surface area contributed by atoms with Crippen LogP contribution in [-0.2, 0) is 16.6 Å². The number of carbonyl (C=O) groups is 1. The molecule has 0 radical (unpaired) electrons. The number of rotatable bonds is 4. The molecule has 2 aliphatic heterocycles. The average Bonchev–Trinajstić information content (AvgIpc) is 3.62. The van der Waals surface area contributed by atoms with Crippen molar-refractivity contribution < 1.29 is 24.2 Å². The first-order valence-electron chi connectivity index (χ1n) is 11.6. The molecule has 1 spiro atoms. The summed E-state index contributed by atoms with van der Waals surface area (Å²) in [7, 11) is 0. The van der Waals surface area contributed by atoms with Crippen LogP contribution in [0.2, 0.25) is 0 Å². The maximum absolute atomic E-state index is 13.0. The minimum atomic E-state index is -0.917. The predicted octanol–water partition coefficient (Wildman–Crippen LogP) is 2.45. The van der Waals surface area contributed by atoms with E-state index in [4.69, 9.17) is 4.74 Å². The first kappa shape index (κ1) is 17.1. The fourth-order valence-electron chi connectivity index (χ4n) is 7.85. The van der Waals surface area contributed by atoms with Gasteiger partial charge in [-0.15, -0.1) is 0 Å². The van der Waals surface area contributed by atoms with E-state index in [-0.39, 0.29) is 17.6 Å². The third-order valence-electron chi connectivity index (χ3n) is 9.38. The van der Waals surface area contributed by atoms with Gasteiger partial charge in [-0.1, -0.05) is 6.07 Å². The van der Waals surface area contributed by atoms with Crippen LogP contribution < -0.4 is 4.74 Å². The third-order valence-corrected chi connectivity index (χ3v) is 9.38. The summed E-state index contributed by atoms with van der Waals surface area (Å²) in [6, 6.07) is 3.89. The molecule has 7 rings (SSSR count). The molecule has 3 saturated carbocycles. The molecule has 1 aromatic rings. The van der Waals surface area contributed by atoms with Gasteiger partial charge in [0, 0.05) is 36.7 Å². The van der Waals surface area contributed by atoms with E-state index in [1.165, 1.54) is 44.3 Å². The van der Waals surface area contributed by atoms with Crippen molar-refractivity contribution in [2.75, 3.05) is 19.6 Å². The van der Waals surface area contributed by atoms with Crippen LogP contribution in [0, 0.1) is 11.8 Å². The van der Waals surface area contributed by atoms with E-state index in [1.54, 1.807) is 6.07 Å². The van der Waals surface area contributed by atoms with Gasteiger partial charge in [-0.3, -0.25) is 4.79 Å². The lowest BCUT2D eigenvalue weighted by molar-refractivity contribution is -0.969. The largest absolute Gasteiger partial charge is 0.504 e. The summed E-state index contributed by atoms with van der Waals surface area (Å²) in [5, 5.41) is 23.0. The Kier molecular flexibility index (Phi) is 3.06. The summed E-state index contributed by atoms with van der Waals surface area (Å²) < 4.78 is 7.22. The maximum atomic E-state index is 13.0. The van der Waals surface area contributed by atoms with Crippen molar-refractivity contribution in [1.29, 1.82) is 0 Å². The quantitative estimate of drug-likeness (QED) is 0.768. The summed E-state index contributed by atoms with van der Waals surface area (Å²) in [5.41, 5.74) is 0.576. The molecule has 6 aliphatic rings. The Labute approximate surface area is 171 Å². The number of aromatic hydroxyl groups is 1. The lowest BCUT2D eigenvalue weighted by Crippen LogP contribution is -2.82. The molecule has 1 saturated heterocycles. The van der Waals surface area contributed by atoms with Gasteiger partial charge in [0.15, 0.2) is 23.4 Å². The third kappa shape index (κ3) is 1.97. The van der Waals surface area contributed by atoms with Gasteiger partial charge in [-0.2, -0.15) is 0 Å². The van der Waals surface area contributed by atoms with E-state index in [1.807, 2.05) is 6.07 Å². The number of nitrogens with zero attached hydrogens (tertiary/aromatic N) is 1. The molecule has 0 amide bonds. The van der Waals surface area contributed by atoms with Gasteiger partial charge in [0.05, 0.1) is 25.0 Å². The van der Waals surface area contributed by atoms with E-state index in [0.717, 1.165) is 41.3 Å². The molecule has 154 valence electrons. The lowest BCUT2D eigenvalue weighted by Gasteiger charge is -2.65. The van der Waals surface area contributed by atoms with Crippen LogP contribution >= 0.6 is 0 Å². The fraction of sp³-hybridized carbons (Fsp3) is 0.708. The summed E-state index contributed by atoms with van der Waals surface area (Å²) >= 11 is 0. The lowest BCUT2D eigenvalue weighted by atomic mass is 9.48. The maximum Gasteiger partial charge on any atom is 0.174 e. The molecule has 2 bridgehead atoms. The van der Waals surface area contributed by atoms with Crippen LogP contribution in [0.5, 0.6) is 11.5 Å². The fourth-order valence-corrected chi connectivity index (χ4v) is 7.85. The van der Waals surface area contributed by atoms with Crippen LogP contribution in [0.25, 0.3) is 0 Å². The van der Waals surface area contributed by atoms with Gasteiger partial charge in [0.2, 0.25) is 0 Å². The molecule has 4 unspecified atom stereocenters. The van der Waals surface area contributed by atoms with E-state index in [9.17, 15) is 15.0 Å². The first-order valence-corrected chi connectivity index (χ1v) is 11.6. The van der Waals surface area contributed by atoms with E-state index < -0.39 is 17.1 Å². The molecule has 0 aromatic heterocycles. The number of likely N-dealkylation sites (tertiary alicyclic amines) is 1.